The molecule has 0 aromatic heterocycles. The van der Waals surface area contributed by atoms with Crippen molar-refractivity contribution in [2.45, 2.75) is 31.9 Å². The zero-order chi connectivity index (χ0) is 13.7. The Labute approximate surface area is 118 Å². The van der Waals surface area contributed by atoms with Crippen LogP contribution in [0.15, 0.2) is 23.3 Å². The van der Waals surface area contributed by atoms with Gasteiger partial charge in [0, 0.05) is 25.0 Å². The molecule has 0 aliphatic carbocycles. The average Bonchev–Trinajstić information content (AvgIpc) is 2.44. The number of ether oxygens (including phenoxy) is 1. The van der Waals surface area contributed by atoms with Crippen LogP contribution in [0, 0.1) is 0 Å². The first-order chi connectivity index (χ1) is 9.26. The minimum atomic E-state index is -0.0952. The molecule has 1 aromatic carbocycles. The van der Waals surface area contributed by atoms with Gasteiger partial charge in [0.2, 0.25) is 0 Å². The number of anilines is 1. The molecule has 1 unspecified atom stereocenters. The van der Waals surface area contributed by atoms with Crippen LogP contribution in [0.2, 0.25) is 5.02 Å². The Morgan fingerprint density at radius 1 is 1.47 bits per heavy atom. The summed E-state index contributed by atoms with van der Waals surface area (Å²) in [5.74, 6) is 0. The molecule has 1 aliphatic heterocycles. The van der Waals surface area contributed by atoms with Gasteiger partial charge in [-0.1, -0.05) is 17.7 Å². The van der Waals surface area contributed by atoms with Gasteiger partial charge >= 0.3 is 0 Å². The van der Waals surface area contributed by atoms with E-state index in [0.29, 0.717) is 11.4 Å². The van der Waals surface area contributed by atoms with Crippen LogP contribution in [0.1, 0.15) is 24.8 Å². The highest BCUT2D eigenvalue weighted by molar-refractivity contribution is 6.30. The maximum atomic E-state index is 9.15. The third kappa shape index (κ3) is 3.47. The number of benzene rings is 1. The van der Waals surface area contributed by atoms with Gasteiger partial charge in [0.25, 0.3) is 0 Å². The number of nitrogens with zero attached hydrogens (tertiary/aromatic N) is 2. The summed E-state index contributed by atoms with van der Waals surface area (Å²) in [6.45, 7) is 4.46. The molecule has 1 N–H and O–H groups in total. The second-order valence-electron chi connectivity index (χ2n) is 4.55. The van der Waals surface area contributed by atoms with Gasteiger partial charge in [-0.2, -0.15) is 5.10 Å². The average molecular weight is 283 g/mol. The van der Waals surface area contributed by atoms with Gasteiger partial charge in [-0.3, -0.25) is 0 Å². The molecule has 2 rings (SSSR count). The van der Waals surface area contributed by atoms with Crippen LogP contribution in [0.5, 0.6) is 0 Å². The molecular weight excluding hydrogens is 264 g/mol. The van der Waals surface area contributed by atoms with Crippen molar-refractivity contribution in [1.29, 1.82) is 0 Å². The number of aliphatic hydroxyl groups is 1. The zero-order valence-corrected chi connectivity index (χ0v) is 11.6. The topological polar surface area (TPSA) is 45.1 Å². The molecule has 1 saturated heterocycles. The summed E-state index contributed by atoms with van der Waals surface area (Å²) in [7, 11) is 0. The van der Waals surface area contributed by atoms with Crippen molar-refractivity contribution < 1.29 is 9.84 Å². The fraction of sp³-hybridized carbons (Fsp3) is 0.500. The van der Waals surface area contributed by atoms with E-state index in [9.17, 15) is 0 Å². The van der Waals surface area contributed by atoms with Crippen molar-refractivity contribution in [1.82, 2.24) is 0 Å². The number of hydrogen-bond acceptors (Lipinski definition) is 4. The van der Waals surface area contributed by atoms with Gasteiger partial charge in [0.15, 0.2) is 6.23 Å². The first kappa shape index (κ1) is 14.3. The van der Waals surface area contributed by atoms with Crippen LogP contribution in [0.25, 0.3) is 0 Å². The summed E-state index contributed by atoms with van der Waals surface area (Å²) in [6.07, 6.45) is 3.59. The van der Waals surface area contributed by atoms with E-state index < -0.39 is 0 Å². The minimum absolute atomic E-state index is 0.0884. The van der Waals surface area contributed by atoms with E-state index in [-0.39, 0.29) is 12.8 Å². The molecule has 0 radical (unpaired) electrons. The molecule has 19 heavy (non-hydrogen) atoms. The number of hydrogen-bond donors (Lipinski definition) is 1. The van der Waals surface area contributed by atoms with Crippen molar-refractivity contribution in [3.63, 3.8) is 0 Å². The summed E-state index contributed by atoms with van der Waals surface area (Å²) >= 11 is 6.06. The fourth-order valence-electron chi connectivity index (χ4n) is 2.32. The van der Waals surface area contributed by atoms with Gasteiger partial charge in [-0.25, -0.2) is 5.01 Å². The molecule has 1 aliphatic rings. The lowest BCUT2D eigenvalue weighted by Crippen LogP contribution is -2.36. The van der Waals surface area contributed by atoms with Crippen LogP contribution >= 0.6 is 11.6 Å². The molecule has 5 heteroatoms. The standard InChI is InChI=1S/C14H19ClN2O2/c1-16-17(14-4-2-3-9-19-14)13-10-12(15)6-5-11(13)7-8-18/h5-6,10,14,18H,1-4,7-9H2. The third-order valence-electron chi connectivity index (χ3n) is 3.26. The Morgan fingerprint density at radius 3 is 2.95 bits per heavy atom. The number of halogens is 1. The molecule has 0 bridgehead atoms. The van der Waals surface area contributed by atoms with Crippen molar-refractivity contribution in [2.24, 2.45) is 5.10 Å². The number of rotatable bonds is 5. The van der Waals surface area contributed by atoms with Crippen LogP contribution in [-0.2, 0) is 11.2 Å². The smallest absolute Gasteiger partial charge is 0.150 e. The normalized spacial score (nSPS) is 19.2. The van der Waals surface area contributed by atoms with Gasteiger partial charge in [0.05, 0.1) is 5.69 Å². The largest absolute Gasteiger partial charge is 0.396 e. The highest BCUT2D eigenvalue weighted by Gasteiger charge is 2.23. The molecule has 4 nitrogen and oxygen atoms in total. The summed E-state index contributed by atoms with van der Waals surface area (Å²) in [6, 6.07) is 5.58. The molecule has 1 atom stereocenters. The Kier molecular flexibility index (Phi) is 5.19. The maximum absolute atomic E-state index is 9.15. The highest BCUT2D eigenvalue weighted by Crippen LogP contribution is 2.30. The molecule has 1 fully saturated rings. The quantitative estimate of drug-likeness (QED) is 0.667. The van der Waals surface area contributed by atoms with Gasteiger partial charge in [-0.15, -0.1) is 0 Å². The number of aliphatic hydroxyl groups excluding tert-OH is 1. The van der Waals surface area contributed by atoms with E-state index in [4.69, 9.17) is 21.4 Å². The van der Waals surface area contributed by atoms with Crippen LogP contribution < -0.4 is 5.01 Å². The summed E-state index contributed by atoms with van der Waals surface area (Å²) in [5, 5.41) is 15.6. The second-order valence-corrected chi connectivity index (χ2v) is 4.99. The Balaban J connectivity index is 2.29. The van der Waals surface area contributed by atoms with Gasteiger partial charge in [0.1, 0.15) is 0 Å². The predicted molar refractivity (Wildman–Crippen MR) is 77.9 cm³/mol. The van der Waals surface area contributed by atoms with Gasteiger partial charge in [-0.05, 0) is 43.4 Å². The SMILES string of the molecule is C=NN(c1cc(Cl)ccc1CCO)C1CCCCO1. The lowest BCUT2D eigenvalue weighted by molar-refractivity contribution is 0.0146. The molecule has 0 saturated carbocycles. The van der Waals surface area contributed by atoms with E-state index >= 15 is 0 Å². The van der Waals surface area contributed by atoms with Crippen molar-refractivity contribution in [2.75, 3.05) is 18.2 Å². The first-order valence-electron chi connectivity index (χ1n) is 6.53. The van der Waals surface area contributed by atoms with Crippen molar-refractivity contribution in [3.05, 3.63) is 28.8 Å². The van der Waals surface area contributed by atoms with E-state index in [1.54, 1.807) is 5.01 Å². The molecule has 1 heterocycles. The zero-order valence-electron chi connectivity index (χ0n) is 10.9. The van der Waals surface area contributed by atoms with Crippen molar-refractivity contribution in [3.8, 4) is 0 Å². The fourth-order valence-corrected chi connectivity index (χ4v) is 2.49. The monoisotopic (exact) mass is 282 g/mol. The number of hydrazone groups is 1. The Hall–Kier alpha value is -1.10. The van der Waals surface area contributed by atoms with Crippen LogP contribution in [0.3, 0.4) is 0 Å². The van der Waals surface area contributed by atoms with Crippen molar-refractivity contribution >= 4 is 24.0 Å². The van der Waals surface area contributed by atoms with Gasteiger partial charge < -0.3 is 9.84 Å². The predicted octanol–water partition coefficient (Wildman–Crippen LogP) is 2.82. The summed E-state index contributed by atoms with van der Waals surface area (Å²) in [4.78, 5) is 0. The summed E-state index contributed by atoms with van der Waals surface area (Å²) < 4.78 is 5.74. The molecule has 1 aromatic rings. The minimum Gasteiger partial charge on any atom is -0.396 e. The molecular formula is C14H19ClN2O2. The van der Waals surface area contributed by atoms with Crippen LogP contribution in [0.4, 0.5) is 5.69 Å². The lowest BCUT2D eigenvalue weighted by Gasteiger charge is -2.32. The Bertz CT molecular complexity index is 433. The summed E-state index contributed by atoms with van der Waals surface area (Å²) in [5.41, 5.74) is 1.86. The van der Waals surface area contributed by atoms with Crippen LogP contribution in [-0.4, -0.2) is 31.3 Å². The molecule has 0 amide bonds. The lowest BCUT2D eigenvalue weighted by atomic mass is 10.1. The van der Waals surface area contributed by atoms with E-state index in [1.165, 1.54) is 0 Å². The second kappa shape index (κ2) is 6.89. The Morgan fingerprint density at radius 2 is 2.32 bits per heavy atom. The first-order valence-corrected chi connectivity index (χ1v) is 6.91. The third-order valence-corrected chi connectivity index (χ3v) is 3.49. The maximum Gasteiger partial charge on any atom is 0.150 e. The van der Waals surface area contributed by atoms with E-state index in [0.717, 1.165) is 37.1 Å². The van der Waals surface area contributed by atoms with E-state index in [1.807, 2.05) is 18.2 Å². The molecule has 0 spiro atoms. The highest BCUT2D eigenvalue weighted by atomic mass is 35.5. The van der Waals surface area contributed by atoms with E-state index in [2.05, 4.69) is 11.8 Å². The molecule has 104 valence electrons.